The number of benzene rings is 1. The molecule has 0 bridgehead atoms. The van der Waals surface area contributed by atoms with E-state index in [0.29, 0.717) is 5.57 Å². The van der Waals surface area contributed by atoms with Gasteiger partial charge in [-0.1, -0.05) is 30.3 Å². The Morgan fingerprint density at radius 2 is 1.60 bits per heavy atom. The third-order valence-electron chi connectivity index (χ3n) is 2.04. The van der Waals surface area contributed by atoms with E-state index in [1.807, 2.05) is 18.2 Å². The van der Waals surface area contributed by atoms with Crippen molar-refractivity contribution in [2.45, 2.75) is 0 Å². The number of nitrogens with zero attached hydrogens (tertiary/aromatic N) is 1. The summed E-state index contributed by atoms with van der Waals surface area (Å²) < 4.78 is 1.20. The maximum Gasteiger partial charge on any atom is 0.278 e. The first-order valence-electron chi connectivity index (χ1n) is 4.12. The summed E-state index contributed by atoms with van der Waals surface area (Å²) in [5, 5.41) is 0. The molecular weight excluding hydrogens is 326 g/mol. The molecule has 1 heterocycles. The molecular formula is C10H5Br2NO2. The van der Waals surface area contributed by atoms with Gasteiger partial charge in [0, 0.05) is 0 Å². The highest BCUT2D eigenvalue weighted by Gasteiger charge is 2.36. The van der Waals surface area contributed by atoms with Gasteiger partial charge in [0.1, 0.15) is 0 Å². The molecule has 0 fully saturated rings. The van der Waals surface area contributed by atoms with Crippen molar-refractivity contribution in [3.63, 3.8) is 0 Å². The zero-order valence-electron chi connectivity index (χ0n) is 7.41. The Balaban J connectivity index is 2.55. The van der Waals surface area contributed by atoms with Crippen molar-refractivity contribution in [1.82, 2.24) is 3.93 Å². The number of carbonyl (C=O) groups is 2. The van der Waals surface area contributed by atoms with Crippen LogP contribution in [-0.2, 0) is 9.59 Å². The van der Waals surface area contributed by atoms with E-state index in [0.717, 1.165) is 9.49 Å². The van der Waals surface area contributed by atoms with Crippen LogP contribution in [0.3, 0.4) is 0 Å². The van der Waals surface area contributed by atoms with Crippen LogP contribution in [-0.4, -0.2) is 15.7 Å². The number of amides is 2. The van der Waals surface area contributed by atoms with Gasteiger partial charge in [-0.25, -0.2) is 3.93 Å². The SMILES string of the molecule is O=C1C(Br)=C(c2ccccc2)C(=O)N1Br. The van der Waals surface area contributed by atoms with E-state index in [-0.39, 0.29) is 16.3 Å². The smallest absolute Gasteiger partial charge is 0.268 e. The summed E-state index contributed by atoms with van der Waals surface area (Å²) in [5.74, 6) is -0.725. The first-order valence-corrected chi connectivity index (χ1v) is 5.63. The average Bonchev–Trinajstić information content (AvgIpc) is 2.45. The third-order valence-corrected chi connectivity index (χ3v) is 3.42. The van der Waals surface area contributed by atoms with Gasteiger partial charge in [0.2, 0.25) is 0 Å². The van der Waals surface area contributed by atoms with Crippen molar-refractivity contribution in [2.24, 2.45) is 0 Å². The van der Waals surface area contributed by atoms with Crippen LogP contribution in [0.25, 0.3) is 5.57 Å². The van der Waals surface area contributed by atoms with E-state index in [1.165, 1.54) is 0 Å². The molecule has 0 N–H and O–H groups in total. The Kier molecular flexibility index (Phi) is 2.75. The van der Waals surface area contributed by atoms with Crippen molar-refractivity contribution >= 4 is 49.5 Å². The summed E-state index contributed by atoms with van der Waals surface area (Å²) in [5.41, 5.74) is 1.11. The minimum Gasteiger partial charge on any atom is -0.268 e. The maximum atomic E-state index is 11.7. The fourth-order valence-electron chi connectivity index (χ4n) is 1.33. The largest absolute Gasteiger partial charge is 0.278 e. The van der Waals surface area contributed by atoms with Crippen LogP contribution >= 0.6 is 32.1 Å². The highest BCUT2D eigenvalue weighted by molar-refractivity contribution is 9.12. The summed E-state index contributed by atoms with van der Waals surface area (Å²) in [6.45, 7) is 0. The highest BCUT2D eigenvalue weighted by Crippen LogP contribution is 2.34. The molecule has 0 spiro atoms. The van der Waals surface area contributed by atoms with Crippen molar-refractivity contribution < 1.29 is 9.59 Å². The van der Waals surface area contributed by atoms with E-state index in [4.69, 9.17) is 0 Å². The Morgan fingerprint density at radius 3 is 2.07 bits per heavy atom. The fourth-order valence-corrected chi connectivity index (χ4v) is 2.50. The molecule has 0 unspecified atom stereocenters. The number of hydrogen-bond donors (Lipinski definition) is 0. The topological polar surface area (TPSA) is 37.4 Å². The van der Waals surface area contributed by atoms with Crippen LogP contribution in [0, 0.1) is 0 Å². The number of halogens is 2. The summed E-state index contributed by atoms with van der Waals surface area (Å²) in [4.78, 5) is 23.1. The summed E-state index contributed by atoms with van der Waals surface area (Å²) in [7, 11) is 0. The molecule has 15 heavy (non-hydrogen) atoms. The molecule has 1 aliphatic heterocycles. The van der Waals surface area contributed by atoms with Crippen LogP contribution < -0.4 is 0 Å². The molecule has 5 heteroatoms. The molecule has 0 aliphatic carbocycles. The van der Waals surface area contributed by atoms with Gasteiger partial charge in [0.15, 0.2) is 0 Å². The minimum atomic E-state index is -0.376. The molecule has 2 amide bonds. The van der Waals surface area contributed by atoms with E-state index in [1.54, 1.807) is 12.1 Å². The molecule has 76 valence electrons. The van der Waals surface area contributed by atoms with Crippen LogP contribution in [0.1, 0.15) is 5.56 Å². The Bertz CT molecular complexity index is 468. The van der Waals surface area contributed by atoms with Gasteiger partial charge >= 0.3 is 0 Å². The Morgan fingerprint density at radius 1 is 1.00 bits per heavy atom. The minimum absolute atomic E-state index is 0.288. The molecule has 0 saturated carbocycles. The quantitative estimate of drug-likeness (QED) is 0.586. The van der Waals surface area contributed by atoms with Crippen LogP contribution in [0.2, 0.25) is 0 Å². The summed E-state index contributed by atoms with van der Waals surface area (Å²) >= 11 is 6.03. The third kappa shape index (κ3) is 1.66. The highest BCUT2D eigenvalue weighted by atomic mass is 79.9. The lowest BCUT2D eigenvalue weighted by molar-refractivity contribution is -0.129. The maximum absolute atomic E-state index is 11.7. The molecule has 0 atom stereocenters. The standard InChI is InChI=1S/C10H5Br2NO2/c11-8-7(6-4-2-1-3-5-6)9(14)13(12)10(8)15/h1-5H. The second kappa shape index (κ2) is 3.90. The van der Waals surface area contributed by atoms with Crippen LogP contribution in [0.15, 0.2) is 34.8 Å². The van der Waals surface area contributed by atoms with Gasteiger partial charge < -0.3 is 0 Å². The number of carbonyl (C=O) groups excluding carboxylic acids is 2. The van der Waals surface area contributed by atoms with Crippen LogP contribution in [0.4, 0.5) is 0 Å². The number of rotatable bonds is 1. The van der Waals surface area contributed by atoms with Gasteiger partial charge in [-0.15, -0.1) is 0 Å². The second-order valence-electron chi connectivity index (χ2n) is 2.95. The van der Waals surface area contributed by atoms with Crippen molar-refractivity contribution in [3.8, 4) is 0 Å². The predicted molar refractivity (Wildman–Crippen MR) is 63.1 cm³/mol. The van der Waals surface area contributed by atoms with Gasteiger partial charge in [0.25, 0.3) is 11.8 Å². The molecule has 1 aromatic carbocycles. The molecule has 3 nitrogen and oxygen atoms in total. The molecule has 0 radical (unpaired) electrons. The molecule has 2 rings (SSSR count). The molecule has 1 aliphatic rings. The molecule has 0 aromatic heterocycles. The fraction of sp³-hybridized carbons (Fsp3) is 0. The van der Waals surface area contributed by atoms with Crippen molar-refractivity contribution in [3.05, 3.63) is 40.4 Å². The van der Waals surface area contributed by atoms with Crippen molar-refractivity contribution in [1.29, 1.82) is 0 Å². The van der Waals surface area contributed by atoms with Gasteiger partial charge in [-0.2, -0.15) is 0 Å². The van der Waals surface area contributed by atoms with Crippen molar-refractivity contribution in [2.75, 3.05) is 0 Å². The first-order chi connectivity index (χ1) is 7.13. The van der Waals surface area contributed by atoms with Gasteiger partial charge in [-0.05, 0) is 21.5 Å². The summed E-state index contributed by atoms with van der Waals surface area (Å²) in [6, 6.07) is 9.06. The lowest BCUT2D eigenvalue weighted by Gasteiger charge is -2.03. The predicted octanol–water partition coefficient (Wildman–Crippen LogP) is 2.47. The van der Waals surface area contributed by atoms with E-state index in [2.05, 4.69) is 32.1 Å². The lowest BCUT2D eigenvalue weighted by Crippen LogP contribution is -2.19. The summed E-state index contributed by atoms with van der Waals surface area (Å²) in [6.07, 6.45) is 0. The number of hydrogen-bond acceptors (Lipinski definition) is 2. The van der Waals surface area contributed by atoms with Gasteiger partial charge in [0.05, 0.1) is 26.2 Å². The van der Waals surface area contributed by atoms with E-state index >= 15 is 0 Å². The zero-order valence-corrected chi connectivity index (χ0v) is 10.6. The monoisotopic (exact) mass is 329 g/mol. The lowest BCUT2D eigenvalue weighted by atomic mass is 10.1. The normalized spacial score (nSPS) is 16.5. The Labute approximate surface area is 103 Å². The molecule has 1 aromatic rings. The number of imide groups is 1. The van der Waals surface area contributed by atoms with E-state index < -0.39 is 0 Å². The van der Waals surface area contributed by atoms with Crippen LogP contribution in [0.5, 0.6) is 0 Å². The Hall–Kier alpha value is -0.940. The zero-order chi connectivity index (χ0) is 11.0. The van der Waals surface area contributed by atoms with E-state index in [9.17, 15) is 9.59 Å². The second-order valence-corrected chi connectivity index (χ2v) is 4.45. The molecule has 0 saturated heterocycles. The van der Waals surface area contributed by atoms with Gasteiger partial charge in [-0.3, -0.25) is 9.59 Å². The average molecular weight is 331 g/mol. The first kappa shape index (κ1) is 10.6.